The number of benzene rings is 3. The van der Waals surface area contributed by atoms with Crippen LogP contribution in [0.5, 0.6) is 5.75 Å². The van der Waals surface area contributed by atoms with E-state index in [0.29, 0.717) is 21.2 Å². The maximum absolute atomic E-state index is 13.2. The number of carbonyl (C=O) groups excluding carboxylic acids is 1. The van der Waals surface area contributed by atoms with Gasteiger partial charge in [-0.15, -0.1) is 0 Å². The molecule has 0 aliphatic rings. The van der Waals surface area contributed by atoms with Crippen LogP contribution in [0.1, 0.15) is 11.1 Å². The van der Waals surface area contributed by atoms with Crippen molar-refractivity contribution in [2.45, 2.75) is 11.4 Å². The van der Waals surface area contributed by atoms with Gasteiger partial charge < -0.3 is 5.11 Å². The molecule has 0 unspecified atom stereocenters. The first-order valence-corrected chi connectivity index (χ1v) is 11.5. The quantitative estimate of drug-likeness (QED) is 0.366. The molecule has 0 bridgehead atoms. The summed E-state index contributed by atoms with van der Waals surface area (Å²) < 4.78 is 27.4. The average Bonchev–Trinajstić information content (AvgIpc) is 2.74. The monoisotopic (exact) mass is 491 g/mol. The Hall–Kier alpha value is -2.91. The lowest BCUT2D eigenvalue weighted by Crippen LogP contribution is -2.39. The lowest BCUT2D eigenvalue weighted by Gasteiger charge is -2.21. The first-order valence-electron chi connectivity index (χ1n) is 9.35. The Balaban J connectivity index is 1.80. The van der Waals surface area contributed by atoms with E-state index in [9.17, 15) is 18.3 Å². The molecule has 0 aromatic heterocycles. The minimum absolute atomic E-state index is 0.00000917. The number of phenolic OH excluding ortho intramolecular Hbond substituents is 1. The molecule has 0 fully saturated rings. The van der Waals surface area contributed by atoms with E-state index in [0.717, 1.165) is 4.31 Å². The van der Waals surface area contributed by atoms with E-state index < -0.39 is 22.5 Å². The number of hydrogen-bond acceptors (Lipinski definition) is 5. The number of aromatic hydroxyl groups is 1. The highest BCUT2D eigenvalue weighted by atomic mass is 35.5. The molecule has 10 heteroatoms. The van der Waals surface area contributed by atoms with E-state index in [1.807, 2.05) is 0 Å². The normalized spacial score (nSPS) is 11.7. The van der Waals surface area contributed by atoms with Crippen LogP contribution in [0.15, 0.2) is 82.8 Å². The molecule has 0 aliphatic heterocycles. The number of carbonyl (C=O) groups is 1. The van der Waals surface area contributed by atoms with Gasteiger partial charge in [0, 0.05) is 16.6 Å². The Bertz CT molecular complexity index is 1230. The van der Waals surface area contributed by atoms with Crippen LogP contribution in [-0.4, -0.2) is 36.5 Å². The maximum atomic E-state index is 13.2. The molecule has 0 saturated carbocycles. The molecule has 3 aromatic carbocycles. The zero-order chi connectivity index (χ0) is 23.1. The van der Waals surface area contributed by atoms with Gasteiger partial charge in [0.1, 0.15) is 5.75 Å². The number of rotatable bonds is 8. The minimum Gasteiger partial charge on any atom is -0.508 e. The van der Waals surface area contributed by atoms with Gasteiger partial charge in [-0.3, -0.25) is 4.79 Å². The summed E-state index contributed by atoms with van der Waals surface area (Å²) in [6.45, 7) is -0.552. The predicted molar refractivity (Wildman–Crippen MR) is 124 cm³/mol. The third-order valence-corrected chi connectivity index (χ3v) is 6.59. The number of hydrazone groups is 1. The molecular weight excluding hydrogens is 473 g/mol. The van der Waals surface area contributed by atoms with Gasteiger partial charge in [-0.05, 0) is 59.7 Å². The molecule has 0 heterocycles. The van der Waals surface area contributed by atoms with E-state index in [-0.39, 0.29) is 17.2 Å². The Kier molecular flexibility index (Phi) is 7.87. The van der Waals surface area contributed by atoms with Crippen molar-refractivity contribution < 1.29 is 18.3 Å². The minimum atomic E-state index is -4.02. The van der Waals surface area contributed by atoms with Gasteiger partial charge in [0.2, 0.25) is 10.0 Å². The highest BCUT2D eigenvalue weighted by Gasteiger charge is 2.27. The Morgan fingerprint density at radius 2 is 1.72 bits per heavy atom. The van der Waals surface area contributed by atoms with Gasteiger partial charge in [-0.2, -0.15) is 9.41 Å². The average molecular weight is 492 g/mol. The molecule has 0 radical (unpaired) electrons. The molecule has 0 spiro atoms. The number of nitrogens with zero attached hydrogens (tertiary/aromatic N) is 2. The van der Waals surface area contributed by atoms with Gasteiger partial charge in [-0.25, -0.2) is 13.8 Å². The highest BCUT2D eigenvalue weighted by molar-refractivity contribution is 7.89. The van der Waals surface area contributed by atoms with Crippen molar-refractivity contribution in [1.82, 2.24) is 9.73 Å². The van der Waals surface area contributed by atoms with Crippen molar-refractivity contribution in [3.05, 3.63) is 94.0 Å². The summed E-state index contributed by atoms with van der Waals surface area (Å²) in [6, 6.07) is 18.7. The Labute approximate surface area is 196 Å². The zero-order valence-corrected chi connectivity index (χ0v) is 19.0. The summed E-state index contributed by atoms with van der Waals surface area (Å²) >= 11 is 11.9. The number of phenols is 1. The van der Waals surface area contributed by atoms with Gasteiger partial charge >= 0.3 is 0 Å². The molecule has 0 aliphatic carbocycles. The predicted octanol–water partition coefficient (Wildman–Crippen LogP) is 4.04. The number of sulfonamides is 1. The maximum Gasteiger partial charge on any atom is 0.255 e. The van der Waals surface area contributed by atoms with Crippen molar-refractivity contribution in [3.8, 4) is 5.75 Å². The summed E-state index contributed by atoms with van der Waals surface area (Å²) in [4.78, 5) is 12.5. The third kappa shape index (κ3) is 6.54. The van der Waals surface area contributed by atoms with E-state index >= 15 is 0 Å². The van der Waals surface area contributed by atoms with E-state index in [1.54, 1.807) is 36.4 Å². The molecule has 166 valence electrons. The number of nitrogens with one attached hydrogen (secondary N) is 1. The largest absolute Gasteiger partial charge is 0.508 e. The number of amides is 1. The highest BCUT2D eigenvalue weighted by Crippen LogP contribution is 2.21. The van der Waals surface area contributed by atoms with Crippen LogP contribution in [-0.2, 0) is 21.4 Å². The summed E-state index contributed by atoms with van der Waals surface area (Å²) in [6.07, 6.45) is 1.34. The van der Waals surface area contributed by atoms with Crippen molar-refractivity contribution in [3.63, 3.8) is 0 Å². The lowest BCUT2D eigenvalue weighted by molar-refractivity contribution is -0.121. The molecule has 0 saturated heterocycles. The zero-order valence-electron chi connectivity index (χ0n) is 16.7. The van der Waals surface area contributed by atoms with Crippen LogP contribution in [0.2, 0.25) is 10.0 Å². The van der Waals surface area contributed by atoms with Crippen molar-refractivity contribution in [2.75, 3.05) is 6.54 Å². The molecule has 32 heavy (non-hydrogen) atoms. The molecule has 3 aromatic rings. The molecule has 7 nitrogen and oxygen atoms in total. The van der Waals surface area contributed by atoms with Crippen molar-refractivity contribution in [2.24, 2.45) is 5.10 Å². The van der Waals surface area contributed by atoms with E-state index in [1.165, 1.54) is 42.6 Å². The van der Waals surface area contributed by atoms with Crippen LogP contribution in [0, 0.1) is 0 Å². The number of hydrogen-bond donors (Lipinski definition) is 2. The lowest BCUT2D eigenvalue weighted by atomic mass is 10.2. The van der Waals surface area contributed by atoms with Gasteiger partial charge in [-0.1, -0.05) is 47.5 Å². The molecule has 1 amide bonds. The summed E-state index contributed by atoms with van der Waals surface area (Å²) in [5.41, 5.74) is 3.49. The van der Waals surface area contributed by atoms with Crippen LogP contribution >= 0.6 is 23.2 Å². The van der Waals surface area contributed by atoms with Gasteiger partial charge in [0.05, 0.1) is 17.7 Å². The van der Waals surface area contributed by atoms with Crippen molar-refractivity contribution in [1.29, 1.82) is 0 Å². The summed E-state index contributed by atoms with van der Waals surface area (Å²) in [5.74, 6) is -0.581. The molecule has 0 atom stereocenters. The smallest absolute Gasteiger partial charge is 0.255 e. The number of halogens is 2. The van der Waals surface area contributed by atoms with Crippen LogP contribution in [0.3, 0.4) is 0 Å². The second-order valence-electron chi connectivity index (χ2n) is 6.75. The van der Waals surface area contributed by atoms with E-state index in [4.69, 9.17) is 23.2 Å². The van der Waals surface area contributed by atoms with Gasteiger partial charge in [0.25, 0.3) is 5.91 Å². The second kappa shape index (κ2) is 10.6. The van der Waals surface area contributed by atoms with Crippen molar-refractivity contribution >= 4 is 45.3 Å². The van der Waals surface area contributed by atoms with E-state index in [2.05, 4.69) is 10.5 Å². The van der Waals surface area contributed by atoms with Gasteiger partial charge in [0.15, 0.2) is 0 Å². The topological polar surface area (TPSA) is 99.1 Å². The second-order valence-corrected chi connectivity index (χ2v) is 9.56. The summed E-state index contributed by atoms with van der Waals surface area (Å²) in [5, 5.41) is 14.1. The molecule has 2 N–H and O–H groups in total. The summed E-state index contributed by atoms with van der Waals surface area (Å²) in [7, 11) is -4.02. The fraction of sp³-hybridized carbons (Fsp3) is 0.0909. The molecule has 3 rings (SSSR count). The van der Waals surface area contributed by atoms with Crippen LogP contribution in [0.4, 0.5) is 0 Å². The first kappa shape index (κ1) is 23.7. The van der Waals surface area contributed by atoms with Crippen LogP contribution in [0.25, 0.3) is 0 Å². The third-order valence-electron chi connectivity index (χ3n) is 4.29. The Morgan fingerprint density at radius 1 is 1.00 bits per heavy atom. The van der Waals surface area contributed by atoms with Crippen LogP contribution < -0.4 is 5.43 Å². The molecular formula is C22H19Cl2N3O4S. The Morgan fingerprint density at radius 3 is 2.41 bits per heavy atom. The standard InChI is InChI=1S/C22H19Cl2N3O4S/c23-18-7-9-21(10-8-18)32(30,31)27(14-17-4-1-5-19(24)11-17)15-22(29)26-25-13-16-3-2-6-20(28)12-16/h1-13,28H,14-15H2,(H,26,29)/b25-13+. The fourth-order valence-corrected chi connectivity index (χ4v) is 4.52. The first-order chi connectivity index (χ1) is 15.2. The SMILES string of the molecule is O=C(CN(Cc1cccc(Cl)c1)S(=O)(=O)c1ccc(Cl)cc1)N/N=C/c1cccc(O)c1. The fourth-order valence-electron chi connectivity index (χ4n) is 2.80.